The maximum Gasteiger partial charge on any atom is 4.00 e. The Morgan fingerprint density at radius 2 is 0.854 bits per heavy atom. The second kappa shape index (κ2) is 16.0. The quantitative estimate of drug-likeness (QED) is 0.101. The Bertz CT molecular complexity index is 1760. The maximum atomic E-state index is 5.92. The molecule has 0 saturated heterocycles. The summed E-state index contributed by atoms with van der Waals surface area (Å²) >= 11 is 0. The zero-order valence-electron chi connectivity index (χ0n) is 30.5. The molecule has 0 amide bonds. The van der Waals surface area contributed by atoms with Gasteiger partial charge in [0.1, 0.15) is 11.5 Å². The number of rotatable bonds is 10. The molecule has 0 aromatic heterocycles. The number of hydrogen-bond donors (Lipinski definition) is 0. The Kier molecular flexibility index (Phi) is 13.1. The van der Waals surface area contributed by atoms with Gasteiger partial charge in [-0.2, -0.15) is 12.1 Å². The molecule has 0 radical (unpaired) electrons. The van der Waals surface area contributed by atoms with Gasteiger partial charge >= 0.3 is 25.8 Å². The molecule has 0 aliphatic heterocycles. The Hall–Kier alpha value is -3.21. The summed E-state index contributed by atoms with van der Waals surface area (Å²) in [5, 5.41) is 8.38. The molecule has 0 fully saturated rings. The van der Waals surface area contributed by atoms with Crippen molar-refractivity contribution < 1.29 is 35.3 Å². The van der Waals surface area contributed by atoms with E-state index in [1.807, 2.05) is 0 Å². The van der Waals surface area contributed by atoms with Gasteiger partial charge in [-0.15, -0.1) is 68.3 Å². The van der Waals surface area contributed by atoms with Gasteiger partial charge in [0, 0.05) is 0 Å². The van der Waals surface area contributed by atoms with E-state index in [2.05, 4.69) is 165 Å². The molecular weight excluding hydrogens is 767 g/mol. The summed E-state index contributed by atoms with van der Waals surface area (Å²) in [6, 6.07) is 40.7. The molecule has 6 aromatic carbocycles. The molecule has 6 aromatic rings. The largest absolute Gasteiger partial charge is 4.00 e. The number of hydrogen-bond acceptors (Lipinski definition) is 2. The van der Waals surface area contributed by atoms with Crippen LogP contribution in [0.3, 0.4) is 0 Å². The Labute approximate surface area is 310 Å². The molecule has 0 bridgehead atoms. The normalized spacial score (nSPS) is 11.6. The summed E-state index contributed by atoms with van der Waals surface area (Å²) < 4.78 is 11.8. The van der Waals surface area contributed by atoms with Crippen LogP contribution < -0.4 is 19.8 Å². The van der Waals surface area contributed by atoms with Crippen LogP contribution in [0.15, 0.2) is 109 Å². The van der Waals surface area contributed by atoms with E-state index in [0.29, 0.717) is 11.1 Å². The van der Waals surface area contributed by atoms with Gasteiger partial charge < -0.3 is 24.3 Å². The van der Waals surface area contributed by atoms with Crippen LogP contribution >= 0.6 is 0 Å². The van der Waals surface area contributed by atoms with Crippen molar-refractivity contribution in [1.82, 2.24) is 0 Å². The summed E-state index contributed by atoms with van der Waals surface area (Å²) in [7, 11) is -2.21. The molecule has 0 atom stereocenters. The van der Waals surface area contributed by atoms with Crippen LogP contribution in [0.2, 0.25) is 11.1 Å². The molecule has 2 nitrogen and oxygen atoms in total. The third-order valence-electron chi connectivity index (χ3n) is 9.35. The van der Waals surface area contributed by atoms with E-state index in [9.17, 15) is 0 Å². The van der Waals surface area contributed by atoms with E-state index in [1.54, 1.807) is 0 Å². The Morgan fingerprint density at radius 3 is 1.17 bits per heavy atom. The van der Waals surface area contributed by atoms with Crippen LogP contribution in [-0.2, 0) is 25.8 Å². The predicted octanol–water partition coefficient (Wildman–Crippen LogP) is 11.6. The molecule has 48 heavy (non-hydrogen) atoms. The number of fused-ring (bicyclic) bond motifs is 2. The smallest absolute Gasteiger partial charge is 0.491 e. The van der Waals surface area contributed by atoms with E-state index < -0.39 is 8.07 Å². The van der Waals surface area contributed by atoms with Crippen LogP contribution in [0.1, 0.15) is 55.4 Å². The second-order valence-electron chi connectivity index (χ2n) is 13.7. The first kappa shape index (κ1) is 39.2. The number of ether oxygens (including phenoxy) is 2. The molecule has 0 heterocycles. The van der Waals surface area contributed by atoms with Gasteiger partial charge in [0.25, 0.3) is 0 Å². The van der Waals surface area contributed by atoms with Gasteiger partial charge in [-0.25, -0.2) is 0 Å². The second-order valence-corrected chi connectivity index (χ2v) is 18.9. The molecule has 6 rings (SSSR count). The van der Waals surface area contributed by atoms with Crippen molar-refractivity contribution >= 4 is 40.0 Å². The summed E-state index contributed by atoms with van der Waals surface area (Å²) in [5.41, 5.74) is 6.07. The van der Waals surface area contributed by atoms with Crippen LogP contribution in [0.4, 0.5) is 0 Å². The molecule has 0 unspecified atom stereocenters. The molecule has 0 spiro atoms. The van der Waals surface area contributed by atoms with Gasteiger partial charge in [-0.05, 0) is 74.2 Å². The average molecular weight is 819 g/mol. The molecular formula is C44H52HfO2Si. The fourth-order valence-corrected chi connectivity index (χ4v) is 13.5. The standard InChI is InChI=1S/C42H46O2Si.2CH3.Hf/c1-27(2)43-35-19-15-31(16-20-35)39-13-9-11-33-23-37(25-41(33)39)45(29(5)6,30(7)8)38-24-34-12-10-14-40(42(34)26-38)32-17-21-36(22-18-32)44-28(3)4;;;/h9-30H,1-8H3;2*1H3;/q-2;2*-1;+4. The predicted molar refractivity (Wildman–Crippen MR) is 210 cm³/mol. The number of benzene rings is 4. The molecule has 0 aliphatic rings. The molecule has 0 N–H and O–H groups in total. The van der Waals surface area contributed by atoms with Crippen molar-refractivity contribution in [3.05, 3.63) is 124 Å². The molecule has 0 saturated carbocycles. The molecule has 0 aliphatic carbocycles. The van der Waals surface area contributed by atoms with Gasteiger partial charge in [0.15, 0.2) is 0 Å². The van der Waals surface area contributed by atoms with Gasteiger partial charge in [0.2, 0.25) is 0 Å². The van der Waals surface area contributed by atoms with Crippen LogP contribution in [0, 0.1) is 14.9 Å². The first-order valence-corrected chi connectivity index (χ1v) is 18.7. The molecule has 248 valence electrons. The third-order valence-corrected chi connectivity index (χ3v) is 15.5. The van der Waals surface area contributed by atoms with Crippen molar-refractivity contribution in [2.24, 2.45) is 0 Å². The van der Waals surface area contributed by atoms with Crippen LogP contribution in [0.25, 0.3) is 43.8 Å². The van der Waals surface area contributed by atoms with Crippen molar-refractivity contribution in [3.8, 4) is 33.8 Å². The van der Waals surface area contributed by atoms with Gasteiger partial charge in [-0.3, -0.25) is 0 Å². The Balaban J connectivity index is 0.00000208. The maximum absolute atomic E-state index is 5.92. The first-order chi connectivity index (χ1) is 21.6. The zero-order chi connectivity index (χ0) is 31.9. The minimum atomic E-state index is -2.21. The summed E-state index contributed by atoms with van der Waals surface area (Å²) in [5.74, 6) is 1.83. The first-order valence-electron chi connectivity index (χ1n) is 16.5. The van der Waals surface area contributed by atoms with Crippen LogP contribution in [0.5, 0.6) is 11.5 Å². The van der Waals surface area contributed by atoms with E-state index in [1.165, 1.54) is 54.2 Å². The minimum Gasteiger partial charge on any atom is -0.491 e. The topological polar surface area (TPSA) is 18.5 Å². The van der Waals surface area contributed by atoms with Crippen molar-refractivity contribution in [3.63, 3.8) is 0 Å². The van der Waals surface area contributed by atoms with E-state index in [-0.39, 0.29) is 52.9 Å². The zero-order valence-corrected chi connectivity index (χ0v) is 35.1. The minimum absolute atomic E-state index is 0. The van der Waals surface area contributed by atoms with Crippen LogP contribution in [-0.4, -0.2) is 20.3 Å². The fourth-order valence-electron chi connectivity index (χ4n) is 7.59. The monoisotopic (exact) mass is 820 g/mol. The summed E-state index contributed by atoms with van der Waals surface area (Å²) in [6.07, 6.45) is 0.326. The molecule has 4 heteroatoms. The van der Waals surface area contributed by atoms with Crippen molar-refractivity contribution in [1.29, 1.82) is 0 Å². The van der Waals surface area contributed by atoms with Gasteiger partial charge in [0.05, 0.1) is 20.3 Å². The van der Waals surface area contributed by atoms with E-state index in [0.717, 1.165) is 11.5 Å². The summed E-state index contributed by atoms with van der Waals surface area (Å²) in [4.78, 5) is 0. The van der Waals surface area contributed by atoms with E-state index in [4.69, 9.17) is 9.47 Å². The Morgan fingerprint density at radius 1 is 0.500 bits per heavy atom. The van der Waals surface area contributed by atoms with Gasteiger partial charge in [-0.1, -0.05) is 75.2 Å². The van der Waals surface area contributed by atoms with Crippen molar-refractivity contribution in [2.75, 3.05) is 0 Å². The SMILES string of the molecule is CC(C)Oc1ccc(-c2cccc3[cH-]c([Si](c4cc5c(-c6ccc(OC(C)C)cc6)cccc5[cH-]4)(C(C)C)C(C)C)cc23)cc1.[CH3-].[CH3-].[Hf+4]. The van der Waals surface area contributed by atoms with Crippen molar-refractivity contribution in [2.45, 2.75) is 78.7 Å². The third kappa shape index (κ3) is 7.36. The van der Waals surface area contributed by atoms with E-state index >= 15 is 0 Å². The summed E-state index contributed by atoms with van der Waals surface area (Å²) in [6.45, 7) is 18.1. The average Bonchev–Trinajstić information content (AvgIpc) is 3.62. The fraction of sp³-hybridized carbons (Fsp3) is 0.273.